The van der Waals surface area contributed by atoms with Crippen molar-refractivity contribution in [1.82, 2.24) is 9.78 Å². The van der Waals surface area contributed by atoms with Crippen LogP contribution in [-0.2, 0) is 7.05 Å². The molecule has 0 aliphatic rings. The number of nitrogens with zero attached hydrogens (tertiary/aromatic N) is 2. The standard InChI is InChI=1S/C11H11FN4O/c1-16-10(9(13)6-14-16)11(17)15-8-4-2-7(12)3-5-8/h2-6H,13H2,1H3,(H,15,17). The fraction of sp³-hybridized carbons (Fsp3) is 0.0909. The van der Waals surface area contributed by atoms with Crippen LogP contribution in [0.3, 0.4) is 0 Å². The minimum Gasteiger partial charge on any atom is -0.396 e. The number of carbonyl (C=O) groups excluding carboxylic acids is 1. The van der Waals surface area contributed by atoms with Crippen LogP contribution in [-0.4, -0.2) is 15.7 Å². The van der Waals surface area contributed by atoms with Gasteiger partial charge in [0.25, 0.3) is 5.91 Å². The summed E-state index contributed by atoms with van der Waals surface area (Å²) in [7, 11) is 1.62. The maximum absolute atomic E-state index is 12.7. The molecule has 0 saturated heterocycles. The molecule has 0 bridgehead atoms. The Bertz CT molecular complexity index is 528. The molecule has 1 aromatic heterocycles. The Kier molecular flexibility index (Phi) is 2.78. The van der Waals surface area contributed by atoms with Crippen LogP contribution in [0.5, 0.6) is 0 Å². The number of anilines is 2. The lowest BCUT2D eigenvalue weighted by atomic mass is 10.3. The molecule has 1 heterocycles. The first kappa shape index (κ1) is 11.1. The van der Waals surface area contributed by atoms with Crippen LogP contribution < -0.4 is 11.1 Å². The lowest BCUT2D eigenvalue weighted by molar-refractivity contribution is 0.101. The van der Waals surface area contributed by atoms with Crippen LogP contribution in [0.2, 0.25) is 0 Å². The highest BCUT2D eigenvalue weighted by Crippen LogP contribution is 2.13. The molecule has 3 N–H and O–H groups in total. The van der Waals surface area contributed by atoms with Crippen molar-refractivity contribution in [3.63, 3.8) is 0 Å². The Morgan fingerprint density at radius 3 is 2.59 bits per heavy atom. The number of nitrogens with one attached hydrogen (secondary N) is 1. The van der Waals surface area contributed by atoms with Gasteiger partial charge in [-0.25, -0.2) is 4.39 Å². The lowest BCUT2D eigenvalue weighted by Crippen LogP contribution is -2.17. The summed E-state index contributed by atoms with van der Waals surface area (Å²) >= 11 is 0. The predicted octanol–water partition coefficient (Wildman–Crippen LogP) is 1.39. The Balaban J connectivity index is 2.20. The van der Waals surface area contributed by atoms with Crippen LogP contribution in [0.4, 0.5) is 15.8 Å². The number of benzene rings is 1. The number of nitrogens with two attached hydrogens (primary N) is 1. The number of hydrogen-bond donors (Lipinski definition) is 2. The average Bonchev–Trinajstić information content (AvgIpc) is 2.62. The van der Waals surface area contributed by atoms with E-state index in [0.29, 0.717) is 11.4 Å². The van der Waals surface area contributed by atoms with Gasteiger partial charge >= 0.3 is 0 Å². The summed E-state index contributed by atoms with van der Waals surface area (Å²) in [6, 6.07) is 5.48. The van der Waals surface area contributed by atoms with Gasteiger partial charge in [-0.05, 0) is 24.3 Å². The zero-order valence-corrected chi connectivity index (χ0v) is 9.14. The third-order valence-corrected chi connectivity index (χ3v) is 2.28. The number of hydrogen-bond acceptors (Lipinski definition) is 3. The summed E-state index contributed by atoms with van der Waals surface area (Å²) < 4.78 is 14.1. The molecule has 0 radical (unpaired) electrons. The van der Waals surface area contributed by atoms with Gasteiger partial charge in [0.05, 0.1) is 11.9 Å². The number of aromatic nitrogens is 2. The maximum Gasteiger partial charge on any atom is 0.276 e. The van der Waals surface area contributed by atoms with Crippen molar-refractivity contribution in [1.29, 1.82) is 0 Å². The summed E-state index contributed by atoms with van der Waals surface area (Å²) in [5.41, 5.74) is 6.68. The minimum atomic E-state index is -0.380. The predicted molar refractivity (Wildman–Crippen MR) is 62.0 cm³/mol. The summed E-state index contributed by atoms with van der Waals surface area (Å²) in [6.07, 6.45) is 1.40. The number of aryl methyl sites for hydroxylation is 1. The zero-order valence-electron chi connectivity index (χ0n) is 9.14. The molecule has 17 heavy (non-hydrogen) atoms. The van der Waals surface area contributed by atoms with E-state index in [1.165, 1.54) is 35.1 Å². The smallest absolute Gasteiger partial charge is 0.276 e. The molecule has 0 spiro atoms. The molecule has 6 heteroatoms. The second-order valence-corrected chi connectivity index (χ2v) is 3.53. The van der Waals surface area contributed by atoms with Crippen LogP contribution in [0.25, 0.3) is 0 Å². The van der Waals surface area contributed by atoms with E-state index in [1.807, 2.05) is 0 Å². The molecule has 0 aliphatic carbocycles. The molecule has 0 atom stereocenters. The molecule has 0 aliphatic heterocycles. The van der Waals surface area contributed by atoms with Crippen molar-refractivity contribution in [2.45, 2.75) is 0 Å². The molecule has 1 amide bonds. The van der Waals surface area contributed by atoms with Gasteiger partial charge < -0.3 is 11.1 Å². The summed E-state index contributed by atoms with van der Waals surface area (Å²) in [4.78, 5) is 11.9. The summed E-state index contributed by atoms with van der Waals surface area (Å²) in [5, 5.41) is 6.47. The molecule has 1 aromatic carbocycles. The number of carbonyl (C=O) groups is 1. The van der Waals surface area contributed by atoms with Crippen molar-refractivity contribution in [3.8, 4) is 0 Å². The quantitative estimate of drug-likeness (QED) is 0.824. The van der Waals surface area contributed by atoms with E-state index in [4.69, 9.17) is 5.73 Å². The van der Waals surface area contributed by atoms with E-state index in [0.717, 1.165) is 0 Å². The summed E-state index contributed by atoms with van der Waals surface area (Å²) in [5.74, 6) is -0.739. The van der Waals surface area contributed by atoms with Gasteiger partial charge in [-0.2, -0.15) is 5.10 Å². The highest BCUT2D eigenvalue weighted by Gasteiger charge is 2.14. The van der Waals surface area contributed by atoms with Gasteiger partial charge in [-0.15, -0.1) is 0 Å². The number of rotatable bonds is 2. The van der Waals surface area contributed by atoms with Crippen molar-refractivity contribution in [2.75, 3.05) is 11.1 Å². The highest BCUT2D eigenvalue weighted by molar-refractivity contribution is 6.06. The van der Waals surface area contributed by atoms with E-state index in [-0.39, 0.29) is 17.4 Å². The monoisotopic (exact) mass is 234 g/mol. The van der Waals surface area contributed by atoms with Crippen LogP contribution in [0, 0.1) is 5.82 Å². The van der Waals surface area contributed by atoms with Gasteiger partial charge in [0.2, 0.25) is 0 Å². The Hall–Kier alpha value is -2.37. The molecule has 0 fully saturated rings. The van der Waals surface area contributed by atoms with Gasteiger partial charge in [0, 0.05) is 12.7 Å². The molecule has 2 aromatic rings. The lowest BCUT2D eigenvalue weighted by Gasteiger charge is -2.06. The largest absolute Gasteiger partial charge is 0.396 e. The Labute approximate surface area is 97.0 Å². The van der Waals surface area contributed by atoms with Gasteiger partial charge in [0.1, 0.15) is 11.5 Å². The van der Waals surface area contributed by atoms with E-state index in [9.17, 15) is 9.18 Å². The van der Waals surface area contributed by atoms with Crippen molar-refractivity contribution < 1.29 is 9.18 Å². The summed E-state index contributed by atoms with van der Waals surface area (Å²) in [6.45, 7) is 0. The normalized spacial score (nSPS) is 10.2. The highest BCUT2D eigenvalue weighted by atomic mass is 19.1. The topological polar surface area (TPSA) is 72.9 Å². The SMILES string of the molecule is Cn1ncc(N)c1C(=O)Nc1ccc(F)cc1. The first-order valence-electron chi connectivity index (χ1n) is 4.92. The van der Waals surface area contributed by atoms with Gasteiger partial charge in [0.15, 0.2) is 0 Å². The van der Waals surface area contributed by atoms with Gasteiger partial charge in [-0.3, -0.25) is 9.48 Å². The number of halogens is 1. The van der Waals surface area contributed by atoms with E-state index < -0.39 is 0 Å². The fourth-order valence-corrected chi connectivity index (χ4v) is 1.46. The minimum absolute atomic E-state index is 0.273. The molecule has 0 saturated carbocycles. The Morgan fingerprint density at radius 2 is 2.06 bits per heavy atom. The third-order valence-electron chi connectivity index (χ3n) is 2.28. The van der Waals surface area contributed by atoms with Crippen LogP contribution in [0.15, 0.2) is 30.5 Å². The first-order chi connectivity index (χ1) is 8.08. The van der Waals surface area contributed by atoms with Gasteiger partial charge in [-0.1, -0.05) is 0 Å². The number of amides is 1. The van der Waals surface area contributed by atoms with Crippen LogP contribution in [0.1, 0.15) is 10.5 Å². The van der Waals surface area contributed by atoms with E-state index >= 15 is 0 Å². The second kappa shape index (κ2) is 4.25. The second-order valence-electron chi connectivity index (χ2n) is 3.53. The van der Waals surface area contributed by atoms with E-state index in [2.05, 4.69) is 10.4 Å². The number of nitrogen functional groups attached to an aromatic ring is 1. The van der Waals surface area contributed by atoms with Crippen molar-refractivity contribution >= 4 is 17.3 Å². The molecular weight excluding hydrogens is 223 g/mol. The van der Waals surface area contributed by atoms with Crippen LogP contribution >= 0.6 is 0 Å². The zero-order chi connectivity index (χ0) is 12.4. The Morgan fingerprint density at radius 1 is 1.41 bits per heavy atom. The average molecular weight is 234 g/mol. The molecular formula is C11H11FN4O. The van der Waals surface area contributed by atoms with E-state index in [1.54, 1.807) is 7.05 Å². The third kappa shape index (κ3) is 2.25. The molecule has 5 nitrogen and oxygen atoms in total. The molecule has 2 rings (SSSR count). The first-order valence-corrected chi connectivity index (χ1v) is 4.92. The maximum atomic E-state index is 12.7. The van der Waals surface area contributed by atoms with Crippen molar-refractivity contribution in [2.24, 2.45) is 7.05 Å². The van der Waals surface area contributed by atoms with Crippen molar-refractivity contribution in [3.05, 3.63) is 42.0 Å². The molecule has 88 valence electrons. The molecule has 0 unspecified atom stereocenters. The fourth-order valence-electron chi connectivity index (χ4n) is 1.46.